The van der Waals surface area contributed by atoms with Crippen molar-refractivity contribution < 1.29 is 9.90 Å². The molecule has 1 amide bonds. The fourth-order valence-electron chi connectivity index (χ4n) is 1.85. The summed E-state index contributed by atoms with van der Waals surface area (Å²) in [7, 11) is 0. The van der Waals surface area contributed by atoms with Gasteiger partial charge in [0.05, 0.1) is 18.3 Å². The van der Waals surface area contributed by atoms with E-state index in [-0.39, 0.29) is 18.5 Å². The molecule has 0 spiro atoms. The predicted octanol–water partition coefficient (Wildman–Crippen LogP) is 1.97. The number of amides is 1. The molecule has 2 aromatic rings. The van der Waals surface area contributed by atoms with Gasteiger partial charge in [0.2, 0.25) is 5.91 Å². The smallest absolute Gasteiger partial charge is 0.242 e. The molecule has 0 radical (unpaired) electrons. The van der Waals surface area contributed by atoms with Gasteiger partial charge in [0, 0.05) is 4.47 Å². The third-order valence-electron chi connectivity index (χ3n) is 3.04. The predicted molar refractivity (Wildman–Crippen MR) is 81.4 cm³/mol. The summed E-state index contributed by atoms with van der Waals surface area (Å²) in [5.74, 6) is -0.160. The highest BCUT2D eigenvalue weighted by Gasteiger charge is 2.12. The van der Waals surface area contributed by atoms with Crippen LogP contribution in [-0.2, 0) is 11.3 Å². The Morgan fingerprint density at radius 3 is 2.62 bits per heavy atom. The van der Waals surface area contributed by atoms with Crippen LogP contribution in [-0.4, -0.2) is 26.0 Å². The number of aromatic nitrogens is 3. The van der Waals surface area contributed by atoms with E-state index in [2.05, 4.69) is 31.6 Å². The number of halogens is 1. The standard InChI is InChI=1S/C14H17BrN4O2/c1-9(11-3-5-12(15)6-4-11)16-14(21)8-19-7-13(10(2)20)17-18-19/h3-7,9-10,20H,8H2,1-2H3,(H,16,21). The number of nitrogens with zero attached hydrogens (tertiary/aromatic N) is 3. The van der Waals surface area contributed by atoms with E-state index >= 15 is 0 Å². The summed E-state index contributed by atoms with van der Waals surface area (Å²) in [6.07, 6.45) is 0.873. The van der Waals surface area contributed by atoms with E-state index in [9.17, 15) is 9.90 Å². The number of carbonyl (C=O) groups excluding carboxylic acids is 1. The number of aliphatic hydroxyl groups is 1. The molecule has 1 aromatic carbocycles. The average molecular weight is 353 g/mol. The molecule has 2 unspecified atom stereocenters. The van der Waals surface area contributed by atoms with Crippen molar-refractivity contribution in [1.29, 1.82) is 0 Å². The summed E-state index contributed by atoms with van der Waals surface area (Å²) in [4.78, 5) is 12.0. The highest BCUT2D eigenvalue weighted by Crippen LogP contribution is 2.16. The highest BCUT2D eigenvalue weighted by atomic mass is 79.9. The van der Waals surface area contributed by atoms with E-state index in [1.54, 1.807) is 13.1 Å². The lowest BCUT2D eigenvalue weighted by molar-refractivity contribution is -0.122. The van der Waals surface area contributed by atoms with Crippen LogP contribution in [0.2, 0.25) is 0 Å². The van der Waals surface area contributed by atoms with Crippen LogP contribution in [0.25, 0.3) is 0 Å². The molecule has 0 fully saturated rings. The van der Waals surface area contributed by atoms with Crippen molar-refractivity contribution in [3.05, 3.63) is 46.2 Å². The molecule has 112 valence electrons. The number of nitrogens with one attached hydrogen (secondary N) is 1. The zero-order valence-electron chi connectivity index (χ0n) is 11.8. The van der Waals surface area contributed by atoms with Crippen LogP contribution < -0.4 is 5.32 Å². The zero-order valence-corrected chi connectivity index (χ0v) is 13.4. The third-order valence-corrected chi connectivity index (χ3v) is 3.57. The number of carbonyl (C=O) groups is 1. The van der Waals surface area contributed by atoms with Crippen molar-refractivity contribution in [1.82, 2.24) is 20.3 Å². The Labute approximate surface area is 131 Å². The number of benzene rings is 1. The molecule has 2 N–H and O–H groups in total. The van der Waals surface area contributed by atoms with Crippen molar-refractivity contribution in [2.45, 2.75) is 32.5 Å². The maximum Gasteiger partial charge on any atom is 0.242 e. The molecule has 0 aliphatic heterocycles. The topological polar surface area (TPSA) is 80.0 Å². The minimum absolute atomic E-state index is 0.0700. The number of hydrogen-bond donors (Lipinski definition) is 2. The fraction of sp³-hybridized carbons (Fsp3) is 0.357. The van der Waals surface area contributed by atoms with Crippen LogP contribution in [0.15, 0.2) is 34.9 Å². The molecule has 6 nitrogen and oxygen atoms in total. The van der Waals surface area contributed by atoms with Crippen molar-refractivity contribution >= 4 is 21.8 Å². The molecular weight excluding hydrogens is 336 g/mol. The van der Waals surface area contributed by atoms with Crippen LogP contribution in [0.4, 0.5) is 0 Å². The van der Waals surface area contributed by atoms with E-state index in [0.29, 0.717) is 5.69 Å². The second-order valence-corrected chi connectivity index (χ2v) is 5.77. The Morgan fingerprint density at radius 2 is 2.05 bits per heavy atom. The van der Waals surface area contributed by atoms with Gasteiger partial charge in [-0.15, -0.1) is 5.10 Å². The van der Waals surface area contributed by atoms with Crippen LogP contribution in [0.1, 0.15) is 37.3 Å². The minimum Gasteiger partial charge on any atom is -0.387 e. The van der Waals surface area contributed by atoms with E-state index < -0.39 is 6.10 Å². The van der Waals surface area contributed by atoms with E-state index in [4.69, 9.17) is 0 Å². The monoisotopic (exact) mass is 352 g/mol. The van der Waals surface area contributed by atoms with Gasteiger partial charge >= 0.3 is 0 Å². The van der Waals surface area contributed by atoms with Crippen LogP contribution in [0.5, 0.6) is 0 Å². The van der Waals surface area contributed by atoms with E-state index in [1.807, 2.05) is 31.2 Å². The fourth-order valence-corrected chi connectivity index (χ4v) is 2.12. The summed E-state index contributed by atoms with van der Waals surface area (Å²) in [5, 5.41) is 19.9. The van der Waals surface area contributed by atoms with Crippen molar-refractivity contribution in [2.75, 3.05) is 0 Å². The van der Waals surface area contributed by atoms with Crippen molar-refractivity contribution in [3.63, 3.8) is 0 Å². The second-order valence-electron chi connectivity index (χ2n) is 4.86. The summed E-state index contributed by atoms with van der Waals surface area (Å²) >= 11 is 3.38. The third kappa shape index (κ3) is 4.37. The normalized spacial score (nSPS) is 13.7. The Morgan fingerprint density at radius 1 is 1.38 bits per heavy atom. The molecule has 7 heteroatoms. The van der Waals surface area contributed by atoms with Gasteiger partial charge in [0.15, 0.2) is 0 Å². The van der Waals surface area contributed by atoms with Gasteiger partial charge in [-0.05, 0) is 31.5 Å². The maximum absolute atomic E-state index is 12.0. The molecule has 1 aromatic heterocycles. The van der Waals surface area contributed by atoms with Gasteiger partial charge in [0.1, 0.15) is 12.2 Å². The highest BCUT2D eigenvalue weighted by molar-refractivity contribution is 9.10. The molecule has 0 bridgehead atoms. The van der Waals surface area contributed by atoms with Gasteiger partial charge in [-0.1, -0.05) is 33.3 Å². The van der Waals surface area contributed by atoms with Crippen molar-refractivity contribution in [2.24, 2.45) is 0 Å². The average Bonchev–Trinajstić information content (AvgIpc) is 2.87. The summed E-state index contributed by atoms with van der Waals surface area (Å²) in [6, 6.07) is 7.69. The molecule has 2 rings (SSSR count). The van der Waals surface area contributed by atoms with Crippen LogP contribution >= 0.6 is 15.9 Å². The number of hydrogen-bond acceptors (Lipinski definition) is 4. The molecule has 21 heavy (non-hydrogen) atoms. The van der Waals surface area contributed by atoms with Gasteiger partial charge in [0.25, 0.3) is 0 Å². The Kier molecular flexibility index (Phi) is 5.08. The number of rotatable bonds is 5. The molecule has 0 aliphatic rings. The quantitative estimate of drug-likeness (QED) is 0.861. The molecule has 2 atom stereocenters. The van der Waals surface area contributed by atoms with Gasteiger partial charge in [-0.3, -0.25) is 4.79 Å². The van der Waals surface area contributed by atoms with Gasteiger partial charge in [-0.2, -0.15) is 0 Å². The SMILES string of the molecule is CC(O)c1cn(CC(=O)NC(C)c2ccc(Br)cc2)nn1. The van der Waals surface area contributed by atoms with E-state index in [0.717, 1.165) is 10.0 Å². The minimum atomic E-state index is -0.691. The Balaban J connectivity index is 1.93. The molecular formula is C14H17BrN4O2. The van der Waals surface area contributed by atoms with E-state index in [1.165, 1.54) is 4.68 Å². The Bertz CT molecular complexity index is 610. The number of aliphatic hydroxyl groups excluding tert-OH is 1. The first kappa shape index (κ1) is 15.7. The van der Waals surface area contributed by atoms with Gasteiger partial charge < -0.3 is 10.4 Å². The lowest BCUT2D eigenvalue weighted by Crippen LogP contribution is -2.30. The second kappa shape index (κ2) is 6.82. The zero-order chi connectivity index (χ0) is 15.4. The first-order valence-corrected chi connectivity index (χ1v) is 7.38. The maximum atomic E-state index is 12.0. The molecule has 0 aliphatic carbocycles. The van der Waals surface area contributed by atoms with Crippen molar-refractivity contribution in [3.8, 4) is 0 Å². The first-order chi connectivity index (χ1) is 9.95. The van der Waals surface area contributed by atoms with Gasteiger partial charge in [-0.25, -0.2) is 4.68 Å². The molecule has 0 saturated heterocycles. The Hall–Kier alpha value is -1.73. The van der Waals surface area contributed by atoms with Crippen LogP contribution in [0.3, 0.4) is 0 Å². The first-order valence-electron chi connectivity index (χ1n) is 6.58. The lowest BCUT2D eigenvalue weighted by Gasteiger charge is -2.14. The summed E-state index contributed by atoms with van der Waals surface area (Å²) in [5.41, 5.74) is 1.47. The summed E-state index contributed by atoms with van der Waals surface area (Å²) < 4.78 is 2.41. The molecule has 0 saturated carbocycles. The molecule has 1 heterocycles. The summed E-state index contributed by atoms with van der Waals surface area (Å²) in [6.45, 7) is 3.59. The van der Waals surface area contributed by atoms with Crippen LogP contribution in [0, 0.1) is 0 Å². The lowest BCUT2D eigenvalue weighted by atomic mass is 10.1. The largest absolute Gasteiger partial charge is 0.387 e.